The quantitative estimate of drug-likeness (QED) is 0.178. The van der Waals surface area contributed by atoms with Gasteiger partial charge in [0.2, 0.25) is 5.95 Å². The standard InChI is InChI=1S/C31H40FN/c1-3-5-7-9-10-12-14-29-23-24-30(33-31(29)32)28-21-19-27(20-22-28)26-17-15-25(16-18-26)13-11-8-6-4-2/h15-24H,3-14H2,1-2H3. The number of hydrogen-bond donors (Lipinski definition) is 0. The van der Waals surface area contributed by atoms with Crippen LogP contribution in [0.2, 0.25) is 0 Å². The van der Waals surface area contributed by atoms with Gasteiger partial charge >= 0.3 is 0 Å². The largest absolute Gasteiger partial charge is 0.219 e. The monoisotopic (exact) mass is 445 g/mol. The predicted molar refractivity (Wildman–Crippen MR) is 140 cm³/mol. The van der Waals surface area contributed by atoms with Crippen molar-refractivity contribution in [1.29, 1.82) is 0 Å². The highest BCUT2D eigenvalue weighted by Gasteiger charge is 2.08. The molecule has 0 aliphatic rings. The minimum Gasteiger partial charge on any atom is -0.219 e. The zero-order chi connectivity index (χ0) is 23.3. The number of benzene rings is 2. The Labute approximate surface area is 200 Å². The molecule has 3 aromatic rings. The molecule has 0 amide bonds. The summed E-state index contributed by atoms with van der Waals surface area (Å²) in [6.45, 7) is 4.47. The van der Waals surface area contributed by atoms with Crippen molar-refractivity contribution >= 4 is 0 Å². The van der Waals surface area contributed by atoms with E-state index in [1.165, 1.54) is 74.5 Å². The molecule has 0 saturated heterocycles. The molecule has 0 unspecified atom stereocenters. The molecule has 176 valence electrons. The normalized spacial score (nSPS) is 11.1. The van der Waals surface area contributed by atoms with E-state index in [1.54, 1.807) is 0 Å². The van der Waals surface area contributed by atoms with Gasteiger partial charge in [-0.05, 0) is 48.4 Å². The lowest BCUT2D eigenvalue weighted by Gasteiger charge is -2.08. The summed E-state index contributed by atoms with van der Waals surface area (Å²) in [4.78, 5) is 4.26. The van der Waals surface area contributed by atoms with Crippen LogP contribution in [0.5, 0.6) is 0 Å². The molecule has 33 heavy (non-hydrogen) atoms. The van der Waals surface area contributed by atoms with E-state index in [1.807, 2.05) is 24.3 Å². The van der Waals surface area contributed by atoms with E-state index in [9.17, 15) is 4.39 Å². The lowest BCUT2D eigenvalue weighted by Crippen LogP contribution is -1.96. The maximum atomic E-state index is 14.6. The van der Waals surface area contributed by atoms with Crippen molar-refractivity contribution in [2.24, 2.45) is 0 Å². The molecule has 0 fully saturated rings. The van der Waals surface area contributed by atoms with Gasteiger partial charge in [-0.3, -0.25) is 0 Å². The van der Waals surface area contributed by atoms with Gasteiger partial charge in [0.1, 0.15) is 0 Å². The Hall–Kier alpha value is -2.48. The van der Waals surface area contributed by atoms with Crippen molar-refractivity contribution in [1.82, 2.24) is 4.98 Å². The highest BCUT2D eigenvalue weighted by Crippen LogP contribution is 2.25. The SMILES string of the molecule is CCCCCCCCc1ccc(-c2ccc(-c3ccc(CCCCCC)cc3)cc2)nc1F. The molecule has 0 aliphatic heterocycles. The Bertz CT molecular complexity index is 944. The van der Waals surface area contributed by atoms with E-state index in [0.29, 0.717) is 5.69 Å². The average molecular weight is 446 g/mol. The number of pyridine rings is 1. The van der Waals surface area contributed by atoms with Crippen LogP contribution < -0.4 is 0 Å². The van der Waals surface area contributed by atoms with E-state index in [4.69, 9.17) is 0 Å². The third kappa shape index (κ3) is 8.11. The first kappa shape index (κ1) is 25.1. The number of rotatable bonds is 14. The van der Waals surface area contributed by atoms with Crippen molar-refractivity contribution < 1.29 is 4.39 Å². The second-order valence-electron chi connectivity index (χ2n) is 9.25. The molecular formula is C31H40FN. The number of unbranched alkanes of at least 4 members (excludes halogenated alkanes) is 8. The van der Waals surface area contributed by atoms with Gasteiger partial charge in [0.05, 0.1) is 5.69 Å². The van der Waals surface area contributed by atoms with Crippen LogP contribution in [-0.2, 0) is 12.8 Å². The van der Waals surface area contributed by atoms with E-state index in [-0.39, 0.29) is 5.95 Å². The van der Waals surface area contributed by atoms with Crippen LogP contribution in [0.4, 0.5) is 4.39 Å². The Morgan fingerprint density at radius 2 is 1.06 bits per heavy atom. The average Bonchev–Trinajstić information content (AvgIpc) is 2.85. The highest BCUT2D eigenvalue weighted by molar-refractivity contribution is 5.69. The smallest absolute Gasteiger partial charge is 0.216 e. The van der Waals surface area contributed by atoms with Gasteiger partial charge < -0.3 is 0 Å². The number of halogens is 1. The van der Waals surface area contributed by atoms with Crippen LogP contribution in [-0.4, -0.2) is 4.98 Å². The van der Waals surface area contributed by atoms with E-state index >= 15 is 0 Å². The molecule has 0 spiro atoms. The topological polar surface area (TPSA) is 12.9 Å². The van der Waals surface area contributed by atoms with Crippen molar-refractivity contribution in [2.45, 2.75) is 90.9 Å². The first-order chi connectivity index (χ1) is 16.2. The van der Waals surface area contributed by atoms with Gasteiger partial charge in [0.25, 0.3) is 0 Å². The summed E-state index contributed by atoms with van der Waals surface area (Å²) in [5.74, 6) is -0.320. The second-order valence-corrected chi connectivity index (χ2v) is 9.25. The molecule has 0 saturated carbocycles. The minimum atomic E-state index is -0.320. The molecule has 3 rings (SSSR count). The summed E-state index contributed by atoms with van der Waals surface area (Å²) in [5.41, 5.74) is 6.20. The maximum Gasteiger partial charge on any atom is 0.216 e. The summed E-state index contributed by atoms with van der Waals surface area (Å²) in [6, 6.07) is 21.1. The van der Waals surface area contributed by atoms with E-state index < -0.39 is 0 Å². The van der Waals surface area contributed by atoms with Crippen LogP contribution in [0.15, 0.2) is 60.7 Å². The number of aromatic nitrogens is 1. The predicted octanol–water partition coefficient (Wildman–Crippen LogP) is 9.58. The van der Waals surface area contributed by atoms with Crippen molar-refractivity contribution in [2.75, 3.05) is 0 Å². The lowest BCUT2D eigenvalue weighted by molar-refractivity contribution is 0.553. The molecule has 0 atom stereocenters. The third-order valence-electron chi connectivity index (χ3n) is 6.51. The molecule has 2 heteroatoms. The molecule has 1 aromatic heterocycles. The molecule has 1 nitrogen and oxygen atoms in total. The maximum absolute atomic E-state index is 14.6. The summed E-state index contributed by atoms with van der Waals surface area (Å²) in [6.07, 6.45) is 14.4. The van der Waals surface area contributed by atoms with Gasteiger partial charge in [-0.2, -0.15) is 4.39 Å². The summed E-state index contributed by atoms with van der Waals surface area (Å²) in [5, 5.41) is 0. The van der Waals surface area contributed by atoms with Gasteiger partial charge in [-0.1, -0.05) is 120 Å². The van der Waals surface area contributed by atoms with Crippen LogP contribution in [0, 0.1) is 5.95 Å². The lowest BCUT2D eigenvalue weighted by atomic mass is 9.99. The van der Waals surface area contributed by atoms with Crippen molar-refractivity contribution in [3.05, 3.63) is 77.7 Å². The van der Waals surface area contributed by atoms with Crippen LogP contribution in [0.1, 0.15) is 89.2 Å². The van der Waals surface area contributed by atoms with Crippen molar-refractivity contribution in [3.8, 4) is 22.4 Å². The van der Waals surface area contributed by atoms with Crippen molar-refractivity contribution in [3.63, 3.8) is 0 Å². The molecular weight excluding hydrogens is 405 g/mol. The Kier molecular flexibility index (Phi) is 10.6. The molecule has 2 aromatic carbocycles. The molecule has 0 bridgehead atoms. The molecule has 0 radical (unpaired) electrons. The van der Waals surface area contributed by atoms with Gasteiger partial charge in [-0.25, -0.2) is 4.98 Å². The minimum absolute atomic E-state index is 0.320. The fraction of sp³-hybridized carbons (Fsp3) is 0.452. The Balaban J connectivity index is 1.55. The van der Waals surface area contributed by atoms with E-state index in [0.717, 1.165) is 30.4 Å². The zero-order valence-corrected chi connectivity index (χ0v) is 20.6. The number of aryl methyl sites for hydroxylation is 2. The van der Waals surface area contributed by atoms with Crippen LogP contribution in [0.25, 0.3) is 22.4 Å². The zero-order valence-electron chi connectivity index (χ0n) is 20.6. The number of nitrogens with zero attached hydrogens (tertiary/aromatic N) is 1. The van der Waals surface area contributed by atoms with E-state index in [2.05, 4.69) is 55.2 Å². The third-order valence-corrected chi connectivity index (χ3v) is 6.51. The van der Waals surface area contributed by atoms with Crippen LogP contribution in [0.3, 0.4) is 0 Å². The fourth-order valence-electron chi connectivity index (χ4n) is 4.36. The summed E-state index contributed by atoms with van der Waals surface area (Å²) in [7, 11) is 0. The number of hydrogen-bond acceptors (Lipinski definition) is 1. The van der Waals surface area contributed by atoms with Gasteiger partial charge in [0, 0.05) is 11.1 Å². The molecule has 0 aliphatic carbocycles. The van der Waals surface area contributed by atoms with Crippen LogP contribution >= 0.6 is 0 Å². The first-order valence-electron chi connectivity index (χ1n) is 13.1. The fourth-order valence-corrected chi connectivity index (χ4v) is 4.36. The Morgan fingerprint density at radius 1 is 0.545 bits per heavy atom. The van der Waals surface area contributed by atoms with Gasteiger partial charge in [-0.15, -0.1) is 0 Å². The molecule has 1 heterocycles. The summed E-state index contributed by atoms with van der Waals surface area (Å²) >= 11 is 0. The second kappa shape index (κ2) is 13.9. The molecule has 0 N–H and O–H groups in total. The highest BCUT2D eigenvalue weighted by atomic mass is 19.1. The Morgan fingerprint density at radius 3 is 1.70 bits per heavy atom. The summed E-state index contributed by atoms with van der Waals surface area (Å²) < 4.78 is 14.6. The van der Waals surface area contributed by atoms with Gasteiger partial charge in [0.15, 0.2) is 0 Å². The first-order valence-corrected chi connectivity index (χ1v) is 13.1.